The topological polar surface area (TPSA) is 62.3 Å². The molecule has 5 nitrogen and oxygen atoms in total. The van der Waals surface area contributed by atoms with Crippen LogP contribution in [0.15, 0.2) is 36.7 Å². The highest BCUT2D eigenvalue weighted by molar-refractivity contribution is 5.39. The third kappa shape index (κ3) is 2.14. The Labute approximate surface area is 93.4 Å². The normalized spacial score (nSPS) is 10.1. The van der Waals surface area contributed by atoms with Gasteiger partial charge in [-0.25, -0.2) is 4.68 Å². The molecule has 16 heavy (non-hydrogen) atoms. The fraction of sp³-hybridized carbons (Fsp3) is 0.182. The van der Waals surface area contributed by atoms with E-state index in [0.29, 0.717) is 5.75 Å². The summed E-state index contributed by atoms with van der Waals surface area (Å²) in [6.45, 7) is 0.143. The molecule has 0 aliphatic heterocycles. The zero-order chi connectivity index (χ0) is 11.4. The first-order valence-corrected chi connectivity index (χ1v) is 4.85. The Bertz CT molecular complexity index is 468. The van der Waals surface area contributed by atoms with Crippen LogP contribution in [0.4, 0.5) is 0 Å². The summed E-state index contributed by atoms with van der Waals surface area (Å²) in [7, 11) is 1.63. The van der Waals surface area contributed by atoms with Gasteiger partial charge in [-0.15, -0.1) is 0 Å². The molecular weight excluding hydrogens is 206 g/mol. The Hall–Kier alpha value is -2.01. The monoisotopic (exact) mass is 219 g/mol. The fourth-order valence-electron chi connectivity index (χ4n) is 1.37. The van der Waals surface area contributed by atoms with Gasteiger partial charge >= 0.3 is 0 Å². The summed E-state index contributed by atoms with van der Waals surface area (Å²) in [6.07, 6.45) is 3.38. The van der Waals surface area contributed by atoms with E-state index >= 15 is 0 Å². The van der Waals surface area contributed by atoms with E-state index in [1.165, 1.54) is 0 Å². The fourth-order valence-corrected chi connectivity index (χ4v) is 1.37. The lowest BCUT2D eigenvalue weighted by Crippen LogP contribution is -2.06. The van der Waals surface area contributed by atoms with E-state index in [4.69, 9.17) is 15.2 Å². The van der Waals surface area contributed by atoms with Gasteiger partial charge in [0.25, 0.3) is 0 Å². The van der Waals surface area contributed by atoms with Crippen LogP contribution in [0.25, 0.3) is 5.69 Å². The number of nitrogens with zero attached hydrogens (tertiary/aromatic N) is 2. The molecular formula is C11H13N3O2. The van der Waals surface area contributed by atoms with Crippen LogP contribution in [0.5, 0.6) is 11.5 Å². The van der Waals surface area contributed by atoms with Crippen molar-refractivity contribution in [2.75, 3.05) is 13.8 Å². The molecule has 84 valence electrons. The molecule has 0 spiro atoms. The Morgan fingerprint density at radius 1 is 1.38 bits per heavy atom. The van der Waals surface area contributed by atoms with Crippen LogP contribution in [0.1, 0.15) is 0 Å². The van der Waals surface area contributed by atoms with E-state index in [2.05, 4.69) is 5.10 Å². The van der Waals surface area contributed by atoms with Crippen molar-refractivity contribution in [2.24, 2.45) is 5.73 Å². The smallest absolute Gasteiger partial charge is 0.159 e. The molecule has 1 heterocycles. The average molecular weight is 219 g/mol. The Kier molecular flexibility index (Phi) is 3.07. The summed E-state index contributed by atoms with van der Waals surface area (Å²) in [6, 6.07) is 7.60. The van der Waals surface area contributed by atoms with Crippen LogP contribution >= 0.6 is 0 Å². The number of ether oxygens (including phenoxy) is 2. The van der Waals surface area contributed by atoms with Crippen molar-refractivity contribution in [3.63, 3.8) is 0 Å². The minimum Gasteiger partial charge on any atom is -0.497 e. The highest BCUT2D eigenvalue weighted by Gasteiger charge is 2.02. The summed E-state index contributed by atoms with van der Waals surface area (Å²) >= 11 is 0. The first-order chi connectivity index (χ1) is 7.83. The van der Waals surface area contributed by atoms with Gasteiger partial charge in [-0.1, -0.05) is 6.07 Å². The number of rotatable bonds is 4. The second-order valence-electron chi connectivity index (χ2n) is 3.13. The van der Waals surface area contributed by atoms with Crippen LogP contribution < -0.4 is 15.2 Å². The van der Waals surface area contributed by atoms with Crippen LogP contribution in [-0.2, 0) is 0 Å². The van der Waals surface area contributed by atoms with Gasteiger partial charge in [0.05, 0.1) is 25.2 Å². The molecule has 2 rings (SSSR count). The summed E-state index contributed by atoms with van der Waals surface area (Å²) in [5, 5.41) is 4.16. The van der Waals surface area contributed by atoms with Crippen molar-refractivity contribution >= 4 is 0 Å². The molecule has 0 unspecified atom stereocenters. The Balaban J connectivity index is 2.27. The molecule has 0 atom stereocenters. The molecule has 1 aromatic carbocycles. The molecule has 0 bridgehead atoms. The van der Waals surface area contributed by atoms with Gasteiger partial charge < -0.3 is 9.47 Å². The van der Waals surface area contributed by atoms with Crippen LogP contribution in [0.2, 0.25) is 0 Å². The second-order valence-corrected chi connectivity index (χ2v) is 3.13. The van der Waals surface area contributed by atoms with Crippen molar-refractivity contribution in [1.29, 1.82) is 0 Å². The minimum absolute atomic E-state index is 0.143. The first-order valence-electron chi connectivity index (χ1n) is 4.85. The number of nitrogens with two attached hydrogens (primary N) is 1. The highest BCUT2D eigenvalue weighted by atomic mass is 16.5. The minimum atomic E-state index is 0.143. The van der Waals surface area contributed by atoms with Gasteiger partial charge in [-0.2, -0.15) is 5.10 Å². The molecule has 2 aromatic rings. The molecule has 1 aromatic heterocycles. The van der Waals surface area contributed by atoms with Gasteiger partial charge in [0, 0.05) is 6.07 Å². The standard InChI is InChI=1S/C11H13N3O2/c1-15-10-4-2-3-9(5-10)14-7-11(6-13-14)16-8-12/h2-7H,8,12H2,1H3. The van der Waals surface area contributed by atoms with E-state index in [9.17, 15) is 0 Å². The van der Waals surface area contributed by atoms with Crippen molar-refractivity contribution in [2.45, 2.75) is 0 Å². The maximum Gasteiger partial charge on any atom is 0.159 e. The predicted octanol–water partition coefficient (Wildman–Crippen LogP) is 1.18. The summed E-state index contributed by atoms with van der Waals surface area (Å²) < 4.78 is 12.0. The average Bonchev–Trinajstić information content (AvgIpc) is 2.78. The van der Waals surface area contributed by atoms with Gasteiger partial charge in [0.2, 0.25) is 0 Å². The van der Waals surface area contributed by atoms with Crippen molar-refractivity contribution in [1.82, 2.24) is 9.78 Å². The number of hydrogen-bond acceptors (Lipinski definition) is 4. The molecule has 5 heteroatoms. The number of methoxy groups -OCH3 is 1. The van der Waals surface area contributed by atoms with Gasteiger partial charge in [0.15, 0.2) is 5.75 Å². The van der Waals surface area contributed by atoms with Gasteiger partial charge in [0.1, 0.15) is 12.5 Å². The van der Waals surface area contributed by atoms with E-state index in [-0.39, 0.29) is 6.73 Å². The first kappa shape index (κ1) is 10.5. The summed E-state index contributed by atoms with van der Waals surface area (Å²) in [5.41, 5.74) is 6.18. The molecule has 0 radical (unpaired) electrons. The lowest BCUT2D eigenvalue weighted by Gasteiger charge is -2.03. The second kappa shape index (κ2) is 4.67. The molecule has 2 N–H and O–H groups in total. The summed E-state index contributed by atoms with van der Waals surface area (Å²) in [4.78, 5) is 0. The SMILES string of the molecule is COc1cccc(-n2cc(OCN)cn2)c1. The number of aromatic nitrogens is 2. The van der Waals surface area contributed by atoms with Crippen LogP contribution in [0.3, 0.4) is 0 Å². The van der Waals surface area contributed by atoms with E-state index in [0.717, 1.165) is 11.4 Å². The molecule has 0 aliphatic carbocycles. The van der Waals surface area contributed by atoms with E-state index in [1.54, 1.807) is 24.2 Å². The maximum absolute atomic E-state index is 5.27. The molecule has 0 saturated carbocycles. The number of hydrogen-bond donors (Lipinski definition) is 1. The number of benzene rings is 1. The third-order valence-corrected chi connectivity index (χ3v) is 2.13. The van der Waals surface area contributed by atoms with Crippen LogP contribution in [-0.4, -0.2) is 23.6 Å². The summed E-state index contributed by atoms with van der Waals surface area (Å²) in [5.74, 6) is 1.43. The quantitative estimate of drug-likeness (QED) is 0.784. The molecule has 0 fully saturated rings. The molecule has 0 saturated heterocycles. The maximum atomic E-state index is 5.27. The highest BCUT2D eigenvalue weighted by Crippen LogP contribution is 2.18. The van der Waals surface area contributed by atoms with Crippen molar-refractivity contribution in [3.05, 3.63) is 36.7 Å². The van der Waals surface area contributed by atoms with E-state index in [1.807, 2.05) is 24.3 Å². The van der Waals surface area contributed by atoms with E-state index < -0.39 is 0 Å². The van der Waals surface area contributed by atoms with Gasteiger partial charge in [-0.3, -0.25) is 5.73 Å². The zero-order valence-corrected chi connectivity index (χ0v) is 8.96. The largest absolute Gasteiger partial charge is 0.497 e. The zero-order valence-electron chi connectivity index (χ0n) is 8.96. The van der Waals surface area contributed by atoms with Gasteiger partial charge in [-0.05, 0) is 12.1 Å². The lowest BCUT2D eigenvalue weighted by molar-refractivity contribution is 0.329. The van der Waals surface area contributed by atoms with Crippen molar-refractivity contribution < 1.29 is 9.47 Å². The molecule has 0 aliphatic rings. The Morgan fingerprint density at radius 2 is 2.25 bits per heavy atom. The van der Waals surface area contributed by atoms with Crippen LogP contribution in [0, 0.1) is 0 Å². The van der Waals surface area contributed by atoms with Crippen molar-refractivity contribution in [3.8, 4) is 17.2 Å². The molecule has 0 amide bonds. The predicted molar refractivity (Wildman–Crippen MR) is 59.8 cm³/mol. The lowest BCUT2D eigenvalue weighted by atomic mass is 10.3. The third-order valence-electron chi connectivity index (χ3n) is 2.13. The Morgan fingerprint density at radius 3 is 3.00 bits per heavy atom.